The molecule has 1 aromatic rings. The lowest BCUT2D eigenvalue weighted by Gasteiger charge is -2.06. The van der Waals surface area contributed by atoms with Crippen LogP contribution in [-0.2, 0) is 6.42 Å². The number of aromatic hydroxyl groups is 1. The van der Waals surface area contributed by atoms with Gasteiger partial charge in [0.15, 0.2) is 0 Å². The lowest BCUT2D eigenvalue weighted by atomic mass is 10.0. The molecule has 1 aromatic carbocycles. The Hall–Kier alpha value is -0.690. The third-order valence-corrected chi connectivity index (χ3v) is 2.02. The van der Waals surface area contributed by atoms with Crippen LogP contribution in [0.5, 0.6) is 5.75 Å². The molecule has 12 heavy (non-hydrogen) atoms. The SMILES string of the molecule is CC(C)Cc1ccc(O)cc1Cl. The first kappa shape index (κ1) is 9.40. The van der Waals surface area contributed by atoms with E-state index in [2.05, 4.69) is 13.8 Å². The van der Waals surface area contributed by atoms with E-state index in [1.807, 2.05) is 6.07 Å². The fourth-order valence-electron chi connectivity index (χ4n) is 1.14. The van der Waals surface area contributed by atoms with Gasteiger partial charge in [0.2, 0.25) is 0 Å². The summed E-state index contributed by atoms with van der Waals surface area (Å²) < 4.78 is 0. The van der Waals surface area contributed by atoms with E-state index < -0.39 is 0 Å². The third-order valence-electron chi connectivity index (χ3n) is 1.66. The quantitative estimate of drug-likeness (QED) is 0.748. The molecule has 0 saturated carbocycles. The fraction of sp³-hybridized carbons (Fsp3) is 0.400. The van der Waals surface area contributed by atoms with Crippen LogP contribution in [0.4, 0.5) is 0 Å². The molecule has 0 atom stereocenters. The molecule has 1 N–H and O–H groups in total. The van der Waals surface area contributed by atoms with Crippen molar-refractivity contribution < 1.29 is 5.11 Å². The van der Waals surface area contributed by atoms with Crippen molar-refractivity contribution >= 4 is 11.6 Å². The van der Waals surface area contributed by atoms with Crippen LogP contribution in [-0.4, -0.2) is 5.11 Å². The average Bonchev–Trinajstić information content (AvgIpc) is 1.94. The van der Waals surface area contributed by atoms with Crippen LogP contribution in [0.25, 0.3) is 0 Å². The molecule has 2 heteroatoms. The Kier molecular flexibility index (Phi) is 2.99. The summed E-state index contributed by atoms with van der Waals surface area (Å²) in [5.74, 6) is 0.819. The predicted molar refractivity (Wildman–Crippen MR) is 51.7 cm³/mol. The number of halogens is 1. The lowest BCUT2D eigenvalue weighted by molar-refractivity contribution is 0.475. The van der Waals surface area contributed by atoms with Gasteiger partial charge in [-0.05, 0) is 30.0 Å². The van der Waals surface area contributed by atoms with Gasteiger partial charge >= 0.3 is 0 Å². The number of rotatable bonds is 2. The third kappa shape index (κ3) is 2.42. The van der Waals surface area contributed by atoms with E-state index in [0.29, 0.717) is 10.9 Å². The first-order chi connectivity index (χ1) is 5.59. The molecule has 1 rings (SSSR count). The standard InChI is InChI=1S/C10H13ClO/c1-7(2)5-8-3-4-9(12)6-10(8)11/h3-4,6-7,12H,5H2,1-2H3. The Morgan fingerprint density at radius 3 is 2.58 bits per heavy atom. The first-order valence-corrected chi connectivity index (χ1v) is 4.45. The number of phenolic OH excluding ortho intramolecular Hbond substituents is 1. The van der Waals surface area contributed by atoms with Gasteiger partial charge in [-0.1, -0.05) is 31.5 Å². The molecule has 1 nitrogen and oxygen atoms in total. The second kappa shape index (κ2) is 3.81. The summed E-state index contributed by atoms with van der Waals surface area (Å²) in [6.07, 6.45) is 0.957. The van der Waals surface area contributed by atoms with Gasteiger partial charge in [0.25, 0.3) is 0 Å². The Balaban J connectivity index is 2.86. The molecule has 0 aliphatic carbocycles. The van der Waals surface area contributed by atoms with E-state index in [9.17, 15) is 0 Å². The van der Waals surface area contributed by atoms with Crippen LogP contribution < -0.4 is 0 Å². The molecule has 0 fully saturated rings. The highest BCUT2D eigenvalue weighted by atomic mass is 35.5. The zero-order chi connectivity index (χ0) is 9.14. The molecule has 0 radical (unpaired) electrons. The number of phenols is 1. The second-order valence-electron chi connectivity index (χ2n) is 3.37. The minimum absolute atomic E-state index is 0.229. The highest BCUT2D eigenvalue weighted by Crippen LogP contribution is 2.23. The van der Waals surface area contributed by atoms with E-state index in [1.165, 1.54) is 0 Å². The van der Waals surface area contributed by atoms with Crippen LogP contribution >= 0.6 is 11.6 Å². The van der Waals surface area contributed by atoms with Crippen LogP contribution in [0.2, 0.25) is 5.02 Å². The second-order valence-corrected chi connectivity index (χ2v) is 3.78. The zero-order valence-electron chi connectivity index (χ0n) is 7.34. The molecule has 0 saturated heterocycles. The number of hydrogen-bond acceptors (Lipinski definition) is 1. The summed E-state index contributed by atoms with van der Waals surface area (Å²) in [5, 5.41) is 9.74. The van der Waals surface area contributed by atoms with Crippen LogP contribution in [0, 0.1) is 5.92 Å². The highest BCUT2D eigenvalue weighted by molar-refractivity contribution is 6.31. The average molecular weight is 185 g/mol. The molecule has 0 heterocycles. The molecule has 66 valence electrons. The fourth-order valence-corrected chi connectivity index (χ4v) is 1.39. The van der Waals surface area contributed by atoms with Gasteiger partial charge in [-0.2, -0.15) is 0 Å². The van der Waals surface area contributed by atoms with E-state index in [-0.39, 0.29) is 5.75 Å². The van der Waals surface area contributed by atoms with Gasteiger partial charge < -0.3 is 5.11 Å². The molecular weight excluding hydrogens is 172 g/mol. The molecule has 0 aliphatic heterocycles. The molecule has 0 bridgehead atoms. The molecule has 0 amide bonds. The van der Waals surface area contributed by atoms with Gasteiger partial charge in [0, 0.05) is 5.02 Å². The smallest absolute Gasteiger partial charge is 0.117 e. The number of hydrogen-bond donors (Lipinski definition) is 1. The molecule has 0 unspecified atom stereocenters. The molecular formula is C10H13ClO. The maximum absolute atomic E-state index is 9.09. The van der Waals surface area contributed by atoms with Gasteiger partial charge in [0.1, 0.15) is 5.75 Å². The van der Waals surface area contributed by atoms with Crippen molar-refractivity contribution in [3.05, 3.63) is 28.8 Å². The van der Waals surface area contributed by atoms with Crippen molar-refractivity contribution in [2.45, 2.75) is 20.3 Å². The summed E-state index contributed by atoms with van der Waals surface area (Å²) in [7, 11) is 0. The van der Waals surface area contributed by atoms with Crippen molar-refractivity contribution in [2.24, 2.45) is 5.92 Å². The van der Waals surface area contributed by atoms with Crippen LogP contribution in [0.1, 0.15) is 19.4 Å². The first-order valence-electron chi connectivity index (χ1n) is 4.07. The maximum atomic E-state index is 9.09. The van der Waals surface area contributed by atoms with E-state index in [1.54, 1.807) is 12.1 Å². The largest absolute Gasteiger partial charge is 0.508 e. The van der Waals surface area contributed by atoms with Crippen LogP contribution in [0.3, 0.4) is 0 Å². The zero-order valence-corrected chi connectivity index (χ0v) is 8.10. The molecule has 0 aromatic heterocycles. The Morgan fingerprint density at radius 1 is 1.42 bits per heavy atom. The molecule has 0 spiro atoms. The Bertz CT molecular complexity index is 269. The normalized spacial score (nSPS) is 10.7. The monoisotopic (exact) mass is 184 g/mol. The number of benzene rings is 1. The minimum Gasteiger partial charge on any atom is -0.508 e. The van der Waals surface area contributed by atoms with Crippen molar-refractivity contribution in [3.8, 4) is 5.75 Å². The topological polar surface area (TPSA) is 20.2 Å². The highest BCUT2D eigenvalue weighted by Gasteiger charge is 2.03. The van der Waals surface area contributed by atoms with Crippen molar-refractivity contribution in [3.63, 3.8) is 0 Å². The van der Waals surface area contributed by atoms with E-state index in [0.717, 1.165) is 12.0 Å². The van der Waals surface area contributed by atoms with Crippen LogP contribution in [0.15, 0.2) is 18.2 Å². The predicted octanol–water partition coefficient (Wildman–Crippen LogP) is 3.24. The molecule has 0 aliphatic rings. The van der Waals surface area contributed by atoms with Gasteiger partial charge in [-0.15, -0.1) is 0 Å². The van der Waals surface area contributed by atoms with Gasteiger partial charge in [0.05, 0.1) is 0 Å². The summed E-state index contributed by atoms with van der Waals surface area (Å²) in [5.41, 5.74) is 1.10. The summed E-state index contributed by atoms with van der Waals surface area (Å²) >= 11 is 5.91. The van der Waals surface area contributed by atoms with Crippen molar-refractivity contribution in [1.82, 2.24) is 0 Å². The van der Waals surface area contributed by atoms with Gasteiger partial charge in [-0.25, -0.2) is 0 Å². The minimum atomic E-state index is 0.229. The van der Waals surface area contributed by atoms with Crippen molar-refractivity contribution in [1.29, 1.82) is 0 Å². The van der Waals surface area contributed by atoms with Gasteiger partial charge in [-0.3, -0.25) is 0 Å². The Labute approximate surface area is 78.0 Å². The summed E-state index contributed by atoms with van der Waals surface area (Å²) in [6.45, 7) is 4.28. The maximum Gasteiger partial charge on any atom is 0.117 e. The van der Waals surface area contributed by atoms with E-state index >= 15 is 0 Å². The summed E-state index contributed by atoms with van der Waals surface area (Å²) in [6, 6.07) is 5.13. The lowest BCUT2D eigenvalue weighted by Crippen LogP contribution is -1.94. The summed E-state index contributed by atoms with van der Waals surface area (Å²) in [4.78, 5) is 0. The van der Waals surface area contributed by atoms with E-state index in [4.69, 9.17) is 16.7 Å². The Morgan fingerprint density at radius 2 is 2.08 bits per heavy atom. The van der Waals surface area contributed by atoms with Crippen molar-refractivity contribution in [2.75, 3.05) is 0 Å².